The third-order valence-electron chi connectivity index (χ3n) is 5.22. The second-order valence-electron chi connectivity index (χ2n) is 7.15. The molecule has 8 heteroatoms. The van der Waals surface area contributed by atoms with E-state index in [2.05, 4.69) is 5.10 Å². The maximum atomic E-state index is 13.2. The van der Waals surface area contributed by atoms with Crippen molar-refractivity contribution in [2.45, 2.75) is 31.4 Å². The Morgan fingerprint density at radius 1 is 1.26 bits per heavy atom. The highest BCUT2D eigenvalue weighted by atomic mass is 32.2. The first kappa shape index (κ1) is 18.2. The van der Waals surface area contributed by atoms with Crippen molar-refractivity contribution in [3.8, 4) is 5.69 Å². The summed E-state index contributed by atoms with van der Waals surface area (Å²) in [5, 5.41) is 4.18. The molecule has 1 aromatic carbocycles. The first-order valence-electron chi connectivity index (χ1n) is 9.25. The third-order valence-corrected chi connectivity index (χ3v) is 6.97. The molecule has 27 heavy (non-hydrogen) atoms. The van der Waals surface area contributed by atoms with Gasteiger partial charge in [-0.15, -0.1) is 0 Å². The number of aromatic nitrogens is 2. The van der Waals surface area contributed by atoms with Gasteiger partial charge in [-0.1, -0.05) is 0 Å². The van der Waals surface area contributed by atoms with Crippen LogP contribution >= 0.6 is 0 Å². The lowest BCUT2D eigenvalue weighted by Crippen LogP contribution is -2.45. The zero-order valence-electron chi connectivity index (χ0n) is 15.0. The maximum absolute atomic E-state index is 13.2. The predicted molar refractivity (Wildman–Crippen MR) is 101 cm³/mol. The van der Waals surface area contributed by atoms with Gasteiger partial charge in [0, 0.05) is 37.2 Å². The number of sulfone groups is 1. The molecule has 0 spiro atoms. The van der Waals surface area contributed by atoms with Crippen LogP contribution in [0, 0.1) is 0 Å². The lowest BCUT2D eigenvalue weighted by atomic mass is 10.1. The Hall–Kier alpha value is -2.19. The summed E-state index contributed by atoms with van der Waals surface area (Å²) in [4.78, 5) is 14.9. The van der Waals surface area contributed by atoms with Crippen molar-refractivity contribution in [2.24, 2.45) is 0 Å². The smallest absolute Gasteiger partial charge is 0.254 e. The average molecular weight is 389 g/mol. The molecule has 2 aromatic rings. The highest BCUT2D eigenvalue weighted by molar-refractivity contribution is 7.91. The molecule has 144 valence electrons. The zero-order valence-corrected chi connectivity index (χ0v) is 15.8. The lowest BCUT2D eigenvalue weighted by Gasteiger charge is -2.30. The van der Waals surface area contributed by atoms with Crippen LogP contribution in [0.25, 0.3) is 5.69 Å². The van der Waals surface area contributed by atoms with Crippen LogP contribution in [-0.4, -0.2) is 65.8 Å². The van der Waals surface area contributed by atoms with Crippen LogP contribution < -0.4 is 0 Å². The van der Waals surface area contributed by atoms with Crippen LogP contribution in [0.15, 0.2) is 42.7 Å². The molecule has 2 fully saturated rings. The number of amides is 1. The highest BCUT2D eigenvalue weighted by Gasteiger charge is 2.36. The number of carbonyl (C=O) groups is 1. The molecule has 7 nitrogen and oxygen atoms in total. The molecule has 2 atom stereocenters. The van der Waals surface area contributed by atoms with E-state index in [1.165, 1.54) is 0 Å². The van der Waals surface area contributed by atoms with Gasteiger partial charge >= 0.3 is 0 Å². The summed E-state index contributed by atoms with van der Waals surface area (Å²) in [5.74, 6) is 0.0433. The van der Waals surface area contributed by atoms with E-state index in [1.807, 2.05) is 24.4 Å². The molecule has 3 heterocycles. The molecular formula is C19H23N3O4S. The average Bonchev–Trinajstić information content (AvgIpc) is 3.41. The van der Waals surface area contributed by atoms with E-state index >= 15 is 0 Å². The maximum Gasteiger partial charge on any atom is 0.254 e. The summed E-state index contributed by atoms with van der Waals surface area (Å²) in [7, 11) is -3.07. The number of rotatable bonds is 5. The molecule has 1 aromatic heterocycles. The quantitative estimate of drug-likeness (QED) is 0.777. The van der Waals surface area contributed by atoms with Gasteiger partial charge in [-0.25, -0.2) is 13.1 Å². The van der Waals surface area contributed by atoms with Crippen molar-refractivity contribution in [1.82, 2.24) is 14.7 Å². The molecule has 0 N–H and O–H groups in total. The number of hydrogen-bond acceptors (Lipinski definition) is 5. The second-order valence-corrected chi connectivity index (χ2v) is 9.38. The van der Waals surface area contributed by atoms with Crippen molar-refractivity contribution < 1.29 is 17.9 Å². The minimum atomic E-state index is -3.07. The third kappa shape index (κ3) is 4.06. The molecule has 0 radical (unpaired) electrons. The molecule has 0 aliphatic carbocycles. The summed E-state index contributed by atoms with van der Waals surface area (Å²) in [6.07, 6.45) is 5.90. The second kappa shape index (κ2) is 7.44. The first-order chi connectivity index (χ1) is 13.0. The monoisotopic (exact) mass is 389 g/mol. The Bertz CT molecular complexity index is 888. The van der Waals surface area contributed by atoms with Gasteiger partial charge in [-0.05, 0) is 49.6 Å². The van der Waals surface area contributed by atoms with Crippen LogP contribution in [0.3, 0.4) is 0 Å². The lowest BCUT2D eigenvalue weighted by molar-refractivity contribution is 0.0441. The molecule has 0 unspecified atom stereocenters. The first-order valence-corrected chi connectivity index (χ1v) is 11.1. The van der Waals surface area contributed by atoms with E-state index in [9.17, 15) is 13.2 Å². The summed E-state index contributed by atoms with van der Waals surface area (Å²) in [5.41, 5.74) is 1.42. The van der Waals surface area contributed by atoms with Crippen LogP contribution in [0.1, 0.15) is 29.6 Å². The fourth-order valence-electron chi connectivity index (χ4n) is 3.77. The standard InChI is InChI=1S/C19H23N3O4S/c23-19(15-4-6-16(7-5-15)22-10-2-9-20-22)21(13-18-3-1-11-26-18)17-8-12-27(24,25)14-17/h2,4-7,9-10,17-18H,1,3,8,11-14H2/t17-,18-/m0/s1. The van der Waals surface area contributed by atoms with Crippen molar-refractivity contribution in [3.05, 3.63) is 48.3 Å². The number of benzene rings is 1. The Balaban J connectivity index is 1.55. The number of nitrogens with zero attached hydrogens (tertiary/aromatic N) is 3. The molecule has 0 bridgehead atoms. The summed E-state index contributed by atoms with van der Waals surface area (Å²) < 4.78 is 31.3. The Kier molecular flexibility index (Phi) is 5.01. The SMILES string of the molecule is O=C(c1ccc(-n2cccn2)cc1)N(C[C@@H]1CCCO1)[C@H]1CCS(=O)(=O)C1. The molecule has 0 saturated carbocycles. The molecule has 4 rings (SSSR count). The van der Waals surface area contributed by atoms with E-state index in [4.69, 9.17) is 4.74 Å². The minimum Gasteiger partial charge on any atom is -0.376 e. The van der Waals surface area contributed by atoms with Crippen LogP contribution in [0.4, 0.5) is 0 Å². The molecular weight excluding hydrogens is 366 g/mol. The number of carbonyl (C=O) groups excluding carboxylic acids is 1. The van der Waals surface area contributed by atoms with Crippen molar-refractivity contribution in [2.75, 3.05) is 24.7 Å². The van der Waals surface area contributed by atoms with Gasteiger partial charge in [0.25, 0.3) is 5.91 Å². The number of hydrogen-bond donors (Lipinski definition) is 0. The van der Waals surface area contributed by atoms with E-state index in [-0.39, 0.29) is 29.6 Å². The van der Waals surface area contributed by atoms with E-state index < -0.39 is 9.84 Å². The minimum absolute atomic E-state index is 0.0133. The van der Waals surface area contributed by atoms with E-state index in [1.54, 1.807) is 27.9 Å². The molecule has 2 saturated heterocycles. The molecule has 2 aliphatic rings. The van der Waals surface area contributed by atoms with E-state index in [0.717, 1.165) is 18.5 Å². The predicted octanol–water partition coefficient (Wildman–Crippen LogP) is 1.68. The molecule has 1 amide bonds. The normalized spacial score (nSPS) is 24.1. The van der Waals surface area contributed by atoms with Crippen LogP contribution in [0.5, 0.6) is 0 Å². The Labute approximate surface area is 158 Å². The topological polar surface area (TPSA) is 81.5 Å². The van der Waals surface area contributed by atoms with Crippen molar-refractivity contribution in [1.29, 1.82) is 0 Å². The van der Waals surface area contributed by atoms with Gasteiger partial charge in [-0.3, -0.25) is 4.79 Å². The van der Waals surface area contributed by atoms with Crippen LogP contribution in [0.2, 0.25) is 0 Å². The van der Waals surface area contributed by atoms with Gasteiger partial charge in [0.05, 0.1) is 23.3 Å². The van der Waals surface area contributed by atoms with E-state index in [0.29, 0.717) is 25.1 Å². The fourth-order valence-corrected chi connectivity index (χ4v) is 5.50. The Morgan fingerprint density at radius 3 is 2.67 bits per heavy atom. The van der Waals surface area contributed by atoms with Crippen LogP contribution in [-0.2, 0) is 14.6 Å². The van der Waals surface area contributed by atoms with Crippen molar-refractivity contribution >= 4 is 15.7 Å². The zero-order chi connectivity index (χ0) is 18.9. The summed E-state index contributed by atoms with van der Waals surface area (Å²) in [6, 6.07) is 8.78. The number of ether oxygens (including phenoxy) is 1. The van der Waals surface area contributed by atoms with Gasteiger partial charge in [0.15, 0.2) is 9.84 Å². The fraction of sp³-hybridized carbons (Fsp3) is 0.474. The van der Waals surface area contributed by atoms with Gasteiger partial charge in [-0.2, -0.15) is 5.10 Å². The van der Waals surface area contributed by atoms with Gasteiger partial charge in [0.1, 0.15) is 0 Å². The summed E-state index contributed by atoms with van der Waals surface area (Å²) >= 11 is 0. The van der Waals surface area contributed by atoms with Gasteiger partial charge in [0.2, 0.25) is 0 Å². The van der Waals surface area contributed by atoms with Gasteiger partial charge < -0.3 is 9.64 Å². The molecule has 2 aliphatic heterocycles. The highest BCUT2D eigenvalue weighted by Crippen LogP contribution is 2.23. The Morgan fingerprint density at radius 2 is 2.07 bits per heavy atom. The summed E-state index contributed by atoms with van der Waals surface area (Å²) in [6.45, 7) is 1.15. The largest absolute Gasteiger partial charge is 0.376 e. The van der Waals surface area contributed by atoms with Crippen molar-refractivity contribution in [3.63, 3.8) is 0 Å².